The van der Waals surface area contributed by atoms with Gasteiger partial charge in [0.1, 0.15) is 16.9 Å². The maximum atomic E-state index is 12.9. The highest BCUT2D eigenvalue weighted by Gasteiger charge is 2.30. The van der Waals surface area contributed by atoms with Crippen molar-refractivity contribution >= 4 is 17.3 Å². The molecule has 0 amide bonds. The highest BCUT2D eigenvalue weighted by molar-refractivity contribution is 7.15. The molecule has 32 heavy (non-hydrogen) atoms. The van der Waals surface area contributed by atoms with E-state index in [4.69, 9.17) is 14.8 Å². The van der Waals surface area contributed by atoms with E-state index < -0.39 is 17.7 Å². The minimum atomic E-state index is -4.38. The van der Waals surface area contributed by atoms with Crippen molar-refractivity contribution in [2.75, 3.05) is 0 Å². The Morgan fingerprint density at radius 1 is 1.12 bits per heavy atom. The van der Waals surface area contributed by atoms with Crippen molar-refractivity contribution in [2.45, 2.75) is 52.3 Å². The number of thiazole rings is 1. The number of halogens is 3. The third kappa shape index (κ3) is 5.48. The average molecular weight is 464 g/mol. The topological polar surface area (TPSA) is 59.4 Å². The summed E-state index contributed by atoms with van der Waals surface area (Å²) in [6.45, 7) is 7.75. The second-order valence-corrected chi connectivity index (χ2v) is 8.95. The monoisotopic (exact) mass is 463 g/mol. The zero-order chi connectivity index (χ0) is 23.6. The van der Waals surface area contributed by atoms with Crippen LogP contribution in [0.4, 0.5) is 13.2 Å². The number of ether oxygens (including phenoxy) is 1. The number of carbonyl (C=O) groups is 1. The van der Waals surface area contributed by atoms with Crippen LogP contribution in [0.15, 0.2) is 42.5 Å². The number of aromatic nitrogens is 1. The van der Waals surface area contributed by atoms with Crippen LogP contribution in [0.5, 0.6) is 5.75 Å². The van der Waals surface area contributed by atoms with Gasteiger partial charge in [-0.05, 0) is 55.2 Å². The SMILES string of the molecule is Cc1cc(O[C@H](C)c2sc(-c3ccc(C(F)(F)F)cc3)nc2C(C)C)ccc1CC(=O)O. The van der Waals surface area contributed by atoms with Crippen molar-refractivity contribution < 1.29 is 27.8 Å². The Bertz CT molecular complexity index is 1100. The van der Waals surface area contributed by atoms with Crippen LogP contribution in [0.25, 0.3) is 10.6 Å². The summed E-state index contributed by atoms with van der Waals surface area (Å²) >= 11 is 1.40. The van der Waals surface area contributed by atoms with E-state index in [1.54, 1.807) is 12.1 Å². The van der Waals surface area contributed by atoms with Gasteiger partial charge in [0.2, 0.25) is 0 Å². The summed E-state index contributed by atoms with van der Waals surface area (Å²) in [5.74, 6) is -0.171. The molecule has 3 aromatic rings. The van der Waals surface area contributed by atoms with E-state index in [0.717, 1.165) is 33.8 Å². The van der Waals surface area contributed by atoms with Crippen LogP contribution in [-0.4, -0.2) is 16.1 Å². The molecule has 0 bridgehead atoms. The molecule has 0 aliphatic rings. The first kappa shape index (κ1) is 23.8. The normalized spacial score (nSPS) is 12.8. The number of alkyl halides is 3. The van der Waals surface area contributed by atoms with Gasteiger partial charge >= 0.3 is 12.1 Å². The van der Waals surface area contributed by atoms with E-state index in [1.807, 2.05) is 33.8 Å². The van der Waals surface area contributed by atoms with Gasteiger partial charge in [-0.3, -0.25) is 4.79 Å². The van der Waals surface area contributed by atoms with Gasteiger partial charge < -0.3 is 9.84 Å². The Morgan fingerprint density at radius 3 is 2.31 bits per heavy atom. The van der Waals surface area contributed by atoms with E-state index in [1.165, 1.54) is 23.5 Å². The van der Waals surface area contributed by atoms with Crippen LogP contribution >= 0.6 is 11.3 Å². The highest BCUT2D eigenvalue weighted by Crippen LogP contribution is 2.38. The Morgan fingerprint density at radius 2 is 1.78 bits per heavy atom. The molecule has 0 fully saturated rings. The quantitative estimate of drug-likeness (QED) is 0.409. The largest absolute Gasteiger partial charge is 0.485 e. The number of aryl methyl sites for hydroxylation is 1. The third-order valence-electron chi connectivity index (χ3n) is 5.02. The van der Waals surface area contributed by atoms with Crippen LogP contribution < -0.4 is 4.74 Å². The van der Waals surface area contributed by atoms with Gasteiger partial charge in [0, 0.05) is 5.56 Å². The number of hydrogen-bond acceptors (Lipinski definition) is 4. The zero-order valence-electron chi connectivity index (χ0n) is 18.2. The first-order valence-corrected chi connectivity index (χ1v) is 10.9. The smallest absolute Gasteiger partial charge is 0.416 e. The molecule has 4 nitrogen and oxygen atoms in total. The second-order valence-electron chi connectivity index (χ2n) is 7.92. The summed E-state index contributed by atoms with van der Waals surface area (Å²) in [7, 11) is 0. The molecule has 3 rings (SSSR count). The molecule has 1 N–H and O–H groups in total. The predicted molar refractivity (Wildman–Crippen MR) is 118 cm³/mol. The number of carboxylic acids is 1. The van der Waals surface area contributed by atoms with Gasteiger partial charge in [-0.15, -0.1) is 11.3 Å². The van der Waals surface area contributed by atoms with Gasteiger partial charge in [-0.1, -0.05) is 32.0 Å². The molecule has 0 unspecified atom stereocenters. The van der Waals surface area contributed by atoms with Crippen molar-refractivity contribution in [2.24, 2.45) is 0 Å². The number of rotatable bonds is 7. The molecule has 8 heteroatoms. The molecule has 1 atom stereocenters. The van der Waals surface area contributed by atoms with Gasteiger partial charge in [0.15, 0.2) is 0 Å². The van der Waals surface area contributed by atoms with Crippen molar-refractivity contribution in [3.05, 3.63) is 69.7 Å². The summed E-state index contributed by atoms with van der Waals surface area (Å²) < 4.78 is 44.7. The van der Waals surface area contributed by atoms with Gasteiger partial charge in [-0.2, -0.15) is 13.2 Å². The van der Waals surface area contributed by atoms with E-state index in [-0.39, 0.29) is 18.4 Å². The number of nitrogens with zero attached hydrogens (tertiary/aromatic N) is 1. The molecule has 170 valence electrons. The molecule has 0 spiro atoms. The first-order valence-electron chi connectivity index (χ1n) is 10.1. The average Bonchev–Trinajstić information content (AvgIpc) is 3.15. The lowest BCUT2D eigenvalue weighted by atomic mass is 10.1. The lowest BCUT2D eigenvalue weighted by Gasteiger charge is -2.17. The molecule has 0 saturated carbocycles. The van der Waals surface area contributed by atoms with E-state index in [2.05, 4.69) is 0 Å². The number of benzene rings is 2. The van der Waals surface area contributed by atoms with Crippen LogP contribution in [0.2, 0.25) is 0 Å². The summed E-state index contributed by atoms with van der Waals surface area (Å²) in [4.78, 5) is 16.6. The summed E-state index contributed by atoms with van der Waals surface area (Å²) in [6, 6.07) is 10.3. The number of hydrogen-bond donors (Lipinski definition) is 1. The van der Waals surface area contributed by atoms with Gasteiger partial charge in [0.25, 0.3) is 0 Å². The molecule has 1 heterocycles. The Labute approximate surface area is 188 Å². The molecule has 2 aromatic carbocycles. The van der Waals surface area contributed by atoms with Crippen LogP contribution in [0.1, 0.15) is 60.1 Å². The van der Waals surface area contributed by atoms with Crippen molar-refractivity contribution in [1.82, 2.24) is 4.98 Å². The Hall–Kier alpha value is -2.87. The Kier molecular flexibility index (Phi) is 6.93. The highest BCUT2D eigenvalue weighted by atomic mass is 32.1. The molecule has 0 saturated heterocycles. The van der Waals surface area contributed by atoms with Crippen LogP contribution in [0, 0.1) is 6.92 Å². The van der Waals surface area contributed by atoms with E-state index in [0.29, 0.717) is 16.3 Å². The van der Waals surface area contributed by atoms with E-state index >= 15 is 0 Å². The van der Waals surface area contributed by atoms with Crippen LogP contribution in [-0.2, 0) is 17.4 Å². The lowest BCUT2D eigenvalue weighted by Crippen LogP contribution is -2.06. The molecular weight excluding hydrogens is 439 g/mol. The minimum absolute atomic E-state index is 0.0511. The standard InChI is InChI=1S/C24H24F3NO3S/c1-13(2)21-22(15(4)31-19-10-7-17(12-20(29)30)14(3)11-19)32-23(28-21)16-5-8-18(9-6-16)24(25,26)27/h5-11,13,15H,12H2,1-4H3,(H,29,30)/t15-/m1/s1. The maximum absolute atomic E-state index is 12.9. The second kappa shape index (κ2) is 9.32. The fraction of sp³-hybridized carbons (Fsp3) is 0.333. The van der Waals surface area contributed by atoms with Gasteiger partial charge in [0.05, 0.1) is 22.6 Å². The summed E-state index contributed by atoms with van der Waals surface area (Å²) in [5, 5.41) is 9.64. The molecule has 0 aliphatic carbocycles. The fourth-order valence-corrected chi connectivity index (χ4v) is 4.54. The predicted octanol–water partition coefficient (Wildman–Crippen LogP) is 7.03. The molecule has 0 aliphatic heterocycles. The van der Waals surface area contributed by atoms with Crippen LogP contribution in [0.3, 0.4) is 0 Å². The van der Waals surface area contributed by atoms with Gasteiger partial charge in [-0.25, -0.2) is 4.98 Å². The number of aliphatic carboxylic acids is 1. The molecule has 0 radical (unpaired) electrons. The number of carboxylic acid groups (broad SMARTS) is 1. The van der Waals surface area contributed by atoms with E-state index in [9.17, 15) is 18.0 Å². The van der Waals surface area contributed by atoms with Crippen molar-refractivity contribution in [3.8, 4) is 16.3 Å². The van der Waals surface area contributed by atoms with Crippen molar-refractivity contribution in [1.29, 1.82) is 0 Å². The summed E-state index contributed by atoms with van der Waals surface area (Å²) in [5.41, 5.74) is 2.33. The molecule has 1 aromatic heterocycles. The lowest BCUT2D eigenvalue weighted by molar-refractivity contribution is -0.138. The zero-order valence-corrected chi connectivity index (χ0v) is 19.0. The first-order chi connectivity index (χ1) is 15.0. The fourth-order valence-electron chi connectivity index (χ4n) is 3.33. The molecular formula is C24H24F3NO3S. The Balaban J connectivity index is 1.86. The summed E-state index contributed by atoms with van der Waals surface area (Å²) in [6.07, 6.45) is -4.77. The maximum Gasteiger partial charge on any atom is 0.416 e. The van der Waals surface area contributed by atoms with Crippen molar-refractivity contribution in [3.63, 3.8) is 0 Å². The third-order valence-corrected chi connectivity index (χ3v) is 6.31. The minimum Gasteiger partial charge on any atom is -0.485 e.